The van der Waals surface area contributed by atoms with Gasteiger partial charge in [0.1, 0.15) is 6.29 Å². The molecule has 0 spiro atoms. The van der Waals surface area contributed by atoms with E-state index in [-0.39, 0.29) is 6.42 Å². The SMILES string of the molecule is N[C@@H]([CH]CC(=O)O)C=O. The van der Waals surface area contributed by atoms with Gasteiger partial charge in [0.2, 0.25) is 0 Å². The normalized spacial score (nSPS) is 12.6. The van der Waals surface area contributed by atoms with Gasteiger partial charge >= 0.3 is 5.97 Å². The van der Waals surface area contributed by atoms with Crippen molar-refractivity contribution in [3.8, 4) is 0 Å². The third kappa shape index (κ3) is 4.96. The van der Waals surface area contributed by atoms with Gasteiger partial charge in [0.15, 0.2) is 0 Å². The number of carboxylic acid groups (broad SMARTS) is 1. The molecule has 0 aromatic rings. The summed E-state index contributed by atoms with van der Waals surface area (Å²) < 4.78 is 0. The summed E-state index contributed by atoms with van der Waals surface area (Å²) in [6.45, 7) is 0. The van der Waals surface area contributed by atoms with Crippen molar-refractivity contribution >= 4 is 12.3 Å². The fraction of sp³-hybridized carbons (Fsp3) is 0.400. The highest BCUT2D eigenvalue weighted by Crippen LogP contribution is 1.88. The van der Waals surface area contributed by atoms with Crippen molar-refractivity contribution in [2.75, 3.05) is 0 Å². The van der Waals surface area contributed by atoms with Gasteiger partial charge in [-0.25, -0.2) is 0 Å². The van der Waals surface area contributed by atoms with Crippen molar-refractivity contribution in [1.82, 2.24) is 0 Å². The predicted octanol–water partition coefficient (Wildman–Crippen LogP) is -0.808. The van der Waals surface area contributed by atoms with E-state index >= 15 is 0 Å². The largest absolute Gasteiger partial charge is 0.481 e. The van der Waals surface area contributed by atoms with E-state index in [0.717, 1.165) is 0 Å². The molecular formula is C5H8NO3. The van der Waals surface area contributed by atoms with E-state index < -0.39 is 12.0 Å². The first kappa shape index (κ1) is 8.10. The Bertz CT molecular complexity index is 113. The number of aliphatic carboxylic acids is 1. The van der Waals surface area contributed by atoms with Crippen LogP contribution in [0.15, 0.2) is 0 Å². The Hall–Kier alpha value is -0.900. The molecule has 3 N–H and O–H groups in total. The summed E-state index contributed by atoms with van der Waals surface area (Å²) in [4.78, 5) is 19.6. The van der Waals surface area contributed by atoms with Crippen LogP contribution >= 0.6 is 0 Å². The lowest BCUT2D eigenvalue weighted by Gasteiger charge is -1.96. The molecule has 0 aromatic carbocycles. The van der Waals surface area contributed by atoms with Crippen LogP contribution in [0.4, 0.5) is 0 Å². The standard InChI is InChI=1S/C5H8NO3/c6-4(3-7)1-2-5(8)9/h1,3-4H,2,6H2,(H,8,9)/t4-/m0/s1. The fourth-order valence-electron chi connectivity index (χ4n) is 0.292. The molecule has 0 aliphatic heterocycles. The maximum absolute atomic E-state index is 9.82. The van der Waals surface area contributed by atoms with Gasteiger partial charge in [-0.1, -0.05) is 0 Å². The highest BCUT2D eigenvalue weighted by atomic mass is 16.4. The molecule has 0 saturated heterocycles. The number of carbonyl (C=O) groups excluding carboxylic acids is 1. The van der Waals surface area contributed by atoms with Crippen molar-refractivity contribution in [3.05, 3.63) is 6.42 Å². The Morgan fingerprint density at radius 3 is 2.67 bits per heavy atom. The Balaban J connectivity index is 3.26. The first-order chi connectivity index (χ1) is 4.16. The fourth-order valence-corrected chi connectivity index (χ4v) is 0.292. The molecule has 9 heavy (non-hydrogen) atoms. The maximum Gasteiger partial charge on any atom is 0.303 e. The molecule has 1 atom stereocenters. The van der Waals surface area contributed by atoms with Crippen molar-refractivity contribution in [2.24, 2.45) is 5.73 Å². The van der Waals surface area contributed by atoms with E-state index in [9.17, 15) is 9.59 Å². The lowest BCUT2D eigenvalue weighted by molar-refractivity contribution is -0.136. The van der Waals surface area contributed by atoms with Gasteiger partial charge in [-0.2, -0.15) is 0 Å². The van der Waals surface area contributed by atoms with E-state index in [1.165, 1.54) is 6.42 Å². The molecule has 0 unspecified atom stereocenters. The number of rotatable bonds is 4. The van der Waals surface area contributed by atoms with Crippen LogP contribution in [0.5, 0.6) is 0 Å². The van der Waals surface area contributed by atoms with Crippen LogP contribution in [-0.2, 0) is 9.59 Å². The molecule has 0 aromatic heterocycles. The third-order valence-corrected chi connectivity index (χ3v) is 0.722. The van der Waals surface area contributed by atoms with Gasteiger partial charge in [-0.3, -0.25) is 4.79 Å². The smallest absolute Gasteiger partial charge is 0.303 e. The van der Waals surface area contributed by atoms with Crippen molar-refractivity contribution in [2.45, 2.75) is 12.5 Å². The summed E-state index contributed by atoms with van der Waals surface area (Å²) in [6, 6.07) is -0.749. The van der Waals surface area contributed by atoms with Crippen LogP contribution < -0.4 is 5.73 Å². The number of hydrogen-bond acceptors (Lipinski definition) is 3. The lowest BCUT2D eigenvalue weighted by Crippen LogP contribution is -2.22. The summed E-state index contributed by atoms with van der Waals surface area (Å²) in [6.07, 6.45) is 1.55. The van der Waals surface area contributed by atoms with E-state index in [1.54, 1.807) is 0 Å². The summed E-state index contributed by atoms with van der Waals surface area (Å²) in [5, 5.41) is 8.06. The molecule has 4 nitrogen and oxygen atoms in total. The highest BCUT2D eigenvalue weighted by molar-refractivity contribution is 5.70. The van der Waals surface area contributed by atoms with Crippen LogP contribution in [0.3, 0.4) is 0 Å². The van der Waals surface area contributed by atoms with Crippen LogP contribution in [0.1, 0.15) is 6.42 Å². The number of hydrogen-bond donors (Lipinski definition) is 2. The topological polar surface area (TPSA) is 80.4 Å². The molecule has 0 rings (SSSR count). The Morgan fingerprint density at radius 2 is 2.33 bits per heavy atom. The zero-order chi connectivity index (χ0) is 7.28. The van der Waals surface area contributed by atoms with Gasteiger partial charge < -0.3 is 15.6 Å². The van der Waals surface area contributed by atoms with E-state index in [0.29, 0.717) is 6.29 Å². The monoisotopic (exact) mass is 130 g/mol. The molecule has 0 aliphatic carbocycles. The molecule has 0 amide bonds. The highest BCUT2D eigenvalue weighted by Gasteiger charge is 2.02. The molecule has 0 aliphatic rings. The Kier molecular flexibility index (Phi) is 3.62. The van der Waals surface area contributed by atoms with Crippen LogP contribution in [0.25, 0.3) is 0 Å². The molecular weight excluding hydrogens is 122 g/mol. The molecule has 0 heterocycles. The van der Waals surface area contributed by atoms with Gasteiger partial charge in [-0.15, -0.1) is 0 Å². The lowest BCUT2D eigenvalue weighted by atomic mass is 10.2. The molecule has 0 fully saturated rings. The summed E-state index contributed by atoms with van der Waals surface area (Å²) in [5.41, 5.74) is 5.03. The van der Waals surface area contributed by atoms with E-state index in [4.69, 9.17) is 10.8 Å². The maximum atomic E-state index is 9.82. The van der Waals surface area contributed by atoms with Gasteiger partial charge in [0.05, 0.1) is 12.5 Å². The number of nitrogens with two attached hydrogens (primary N) is 1. The van der Waals surface area contributed by atoms with Gasteiger partial charge in [0.25, 0.3) is 0 Å². The molecule has 0 saturated carbocycles. The molecule has 51 valence electrons. The Labute approximate surface area is 52.7 Å². The average molecular weight is 130 g/mol. The first-order valence-electron chi connectivity index (χ1n) is 2.43. The minimum absolute atomic E-state index is 0.167. The van der Waals surface area contributed by atoms with Crippen LogP contribution in [-0.4, -0.2) is 23.4 Å². The minimum Gasteiger partial charge on any atom is -0.481 e. The van der Waals surface area contributed by atoms with E-state index in [2.05, 4.69) is 0 Å². The minimum atomic E-state index is -0.979. The van der Waals surface area contributed by atoms with Crippen LogP contribution in [0, 0.1) is 6.42 Å². The molecule has 1 radical (unpaired) electrons. The zero-order valence-corrected chi connectivity index (χ0v) is 4.78. The van der Waals surface area contributed by atoms with Crippen molar-refractivity contribution in [3.63, 3.8) is 0 Å². The third-order valence-electron chi connectivity index (χ3n) is 0.722. The number of aldehydes is 1. The van der Waals surface area contributed by atoms with Crippen molar-refractivity contribution < 1.29 is 14.7 Å². The zero-order valence-electron chi connectivity index (χ0n) is 4.78. The first-order valence-corrected chi connectivity index (χ1v) is 2.43. The Morgan fingerprint density at radius 1 is 1.78 bits per heavy atom. The summed E-state index contributed by atoms with van der Waals surface area (Å²) in [5.74, 6) is -0.979. The van der Waals surface area contributed by atoms with Crippen molar-refractivity contribution in [1.29, 1.82) is 0 Å². The number of carbonyl (C=O) groups is 2. The molecule has 0 bridgehead atoms. The van der Waals surface area contributed by atoms with Crippen LogP contribution in [0.2, 0.25) is 0 Å². The predicted molar refractivity (Wildman–Crippen MR) is 30.6 cm³/mol. The second-order valence-electron chi connectivity index (χ2n) is 1.55. The second-order valence-corrected chi connectivity index (χ2v) is 1.55. The van der Waals surface area contributed by atoms with E-state index in [1.807, 2.05) is 0 Å². The average Bonchev–Trinajstić information content (AvgIpc) is 1.83. The number of carboxylic acids is 1. The summed E-state index contributed by atoms with van der Waals surface area (Å²) in [7, 11) is 0. The summed E-state index contributed by atoms with van der Waals surface area (Å²) >= 11 is 0. The quantitative estimate of drug-likeness (QED) is 0.488. The van der Waals surface area contributed by atoms with Gasteiger partial charge in [0, 0.05) is 0 Å². The molecule has 4 heteroatoms. The van der Waals surface area contributed by atoms with Gasteiger partial charge in [-0.05, 0) is 6.42 Å². The second kappa shape index (κ2) is 4.03.